The van der Waals surface area contributed by atoms with Crippen molar-refractivity contribution >= 4 is 11.6 Å². The lowest BCUT2D eigenvalue weighted by molar-refractivity contribution is -0.134. The Labute approximate surface area is 189 Å². The van der Waals surface area contributed by atoms with Crippen LogP contribution in [-0.4, -0.2) is 72.3 Å². The summed E-state index contributed by atoms with van der Waals surface area (Å²) in [5.41, 5.74) is 2.65. The minimum atomic E-state index is -0.283. The van der Waals surface area contributed by atoms with Gasteiger partial charge in [-0.05, 0) is 48.9 Å². The third-order valence-corrected chi connectivity index (χ3v) is 6.19. The molecule has 170 valence electrons. The Balaban J connectivity index is 1.54. The summed E-state index contributed by atoms with van der Waals surface area (Å²) in [7, 11) is 0. The van der Waals surface area contributed by atoms with E-state index in [0.717, 1.165) is 55.3 Å². The molecule has 1 fully saturated rings. The monoisotopic (exact) mass is 438 g/mol. The SMILES string of the molecule is CCOc1ccc([C@H]2CC(c3ccc(F)cc3)=NN2C(=O)CN2CCN(CC)CC2)cc1. The lowest BCUT2D eigenvalue weighted by Crippen LogP contribution is -2.49. The Kier molecular flexibility index (Phi) is 7.17. The van der Waals surface area contributed by atoms with Crippen molar-refractivity contribution in [3.8, 4) is 5.75 Å². The van der Waals surface area contributed by atoms with E-state index in [2.05, 4.69) is 16.7 Å². The van der Waals surface area contributed by atoms with Gasteiger partial charge in [0.05, 0.1) is 24.9 Å². The van der Waals surface area contributed by atoms with Gasteiger partial charge in [0.1, 0.15) is 11.6 Å². The van der Waals surface area contributed by atoms with Crippen molar-refractivity contribution in [1.29, 1.82) is 0 Å². The first kappa shape index (κ1) is 22.4. The standard InChI is InChI=1S/C25H31FN4O2/c1-3-28-13-15-29(16-14-28)18-25(31)30-24(20-7-11-22(12-8-20)32-4-2)17-23(27-30)19-5-9-21(26)10-6-19/h5-12,24H,3-4,13-18H2,1-2H3/t24-/m1/s1. The van der Waals surface area contributed by atoms with Gasteiger partial charge in [0.15, 0.2) is 0 Å². The first-order valence-corrected chi connectivity index (χ1v) is 11.4. The second kappa shape index (κ2) is 10.2. The summed E-state index contributed by atoms with van der Waals surface area (Å²) in [4.78, 5) is 17.9. The van der Waals surface area contributed by atoms with Crippen molar-refractivity contribution in [3.05, 3.63) is 65.5 Å². The number of ether oxygens (including phenoxy) is 1. The summed E-state index contributed by atoms with van der Waals surface area (Å²) in [6, 6.07) is 14.0. The molecule has 0 radical (unpaired) electrons. The zero-order valence-corrected chi connectivity index (χ0v) is 18.8. The molecule has 0 aliphatic carbocycles. The molecule has 2 aliphatic rings. The molecular formula is C25H31FN4O2. The number of carbonyl (C=O) groups is 1. The lowest BCUT2D eigenvalue weighted by Gasteiger charge is -2.34. The Morgan fingerprint density at radius 2 is 1.66 bits per heavy atom. The number of carbonyl (C=O) groups excluding carboxylic acids is 1. The molecule has 7 heteroatoms. The fourth-order valence-corrected chi connectivity index (χ4v) is 4.30. The largest absolute Gasteiger partial charge is 0.494 e. The van der Waals surface area contributed by atoms with Crippen LogP contribution in [0.5, 0.6) is 5.75 Å². The van der Waals surface area contributed by atoms with Crippen molar-refractivity contribution in [2.75, 3.05) is 45.9 Å². The fourth-order valence-electron chi connectivity index (χ4n) is 4.30. The van der Waals surface area contributed by atoms with Crippen LogP contribution < -0.4 is 4.74 Å². The summed E-state index contributed by atoms with van der Waals surface area (Å²) in [6.07, 6.45) is 0.592. The van der Waals surface area contributed by atoms with Gasteiger partial charge in [0.2, 0.25) is 0 Å². The van der Waals surface area contributed by atoms with Crippen LogP contribution in [0.1, 0.15) is 37.4 Å². The number of likely N-dealkylation sites (N-methyl/N-ethyl adjacent to an activating group) is 1. The second-order valence-corrected chi connectivity index (χ2v) is 8.22. The van der Waals surface area contributed by atoms with E-state index in [9.17, 15) is 9.18 Å². The molecule has 1 saturated heterocycles. The molecule has 0 N–H and O–H groups in total. The molecule has 2 aliphatic heterocycles. The van der Waals surface area contributed by atoms with Gasteiger partial charge < -0.3 is 9.64 Å². The Morgan fingerprint density at radius 3 is 2.28 bits per heavy atom. The molecule has 0 unspecified atom stereocenters. The van der Waals surface area contributed by atoms with E-state index < -0.39 is 0 Å². The fraction of sp³-hybridized carbons (Fsp3) is 0.440. The van der Waals surface area contributed by atoms with Gasteiger partial charge >= 0.3 is 0 Å². The molecule has 1 amide bonds. The highest BCUT2D eigenvalue weighted by molar-refractivity contribution is 6.03. The van der Waals surface area contributed by atoms with Gasteiger partial charge in [0.25, 0.3) is 5.91 Å². The summed E-state index contributed by atoms with van der Waals surface area (Å²) in [6.45, 7) is 9.85. The molecule has 0 aromatic heterocycles. The van der Waals surface area contributed by atoms with Crippen LogP contribution in [0, 0.1) is 5.82 Å². The Hall–Kier alpha value is -2.77. The first-order valence-electron chi connectivity index (χ1n) is 11.4. The maximum absolute atomic E-state index is 13.4. The van der Waals surface area contributed by atoms with Crippen LogP contribution in [-0.2, 0) is 4.79 Å². The zero-order valence-electron chi connectivity index (χ0n) is 18.8. The lowest BCUT2D eigenvalue weighted by atomic mass is 9.98. The van der Waals surface area contributed by atoms with Gasteiger partial charge in [-0.2, -0.15) is 5.10 Å². The van der Waals surface area contributed by atoms with Crippen molar-refractivity contribution < 1.29 is 13.9 Å². The number of benzene rings is 2. The van der Waals surface area contributed by atoms with E-state index in [4.69, 9.17) is 9.84 Å². The number of nitrogens with zero attached hydrogens (tertiary/aromatic N) is 4. The van der Waals surface area contributed by atoms with E-state index >= 15 is 0 Å². The van der Waals surface area contributed by atoms with Crippen LogP contribution in [0.15, 0.2) is 53.6 Å². The molecule has 0 saturated carbocycles. The number of hydrogen-bond donors (Lipinski definition) is 0. The number of amides is 1. The van der Waals surface area contributed by atoms with Gasteiger partial charge in [-0.25, -0.2) is 9.40 Å². The van der Waals surface area contributed by atoms with Crippen molar-refractivity contribution in [2.45, 2.75) is 26.3 Å². The summed E-state index contributed by atoms with van der Waals surface area (Å²) in [5, 5.41) is 6.34. The number of rotatable bonds is 7. The molecule has 2 aromatic rings. The summed E-state index contributed by atoms with van der Waals surface area (Å²) < 4.78 is 19.0. The highest BCUT2D eigenvalue weighted by Crippen LogP contribution is 2.34. The average molecular weight is 439 g/mol. The van der Waals surface area contributed by atoms with E-state index in [1.54, 1.807) is 17.1 Å². The van der Waals surface area contributed by atoms with E-state index in [0.29, 0.717) is 19.6 Å². The topological polar surface area (TPSA) is 48.4 Å². The minimum Gasteiger partial charge on any atom is -0.494 e. The minimum absolute atomic E-state index is 0.00838. The van der Waals surface area contributed by atoms with Crippen LogP contribution in [0.25, 0.3) is 0 Å². The molecule has 0 spiro atoms. The Morgan fingerprint density at radius 1 is 1.00 bits per heavy atom. The highest BCUT2D eigenvalue weighted by atomic mass is 19.1. The maximum Gasteiger partial charge on any atom is 0.257 e. The zero-order chi connectivity index (χ0) is 22.5. The number of hydrazone groups is 1. The third kappa shape index (κ3) is 5.16. The van der Waals surface area contributed by atoms with Crippen LogP contribution in [0.4, 0.5) is 4.39 Å². The maximum atomic E-state index is 13.4. The van der Waals surface area contributed by atoms with Crippen LogP contribution in [0.3, 0.4) is 0 Å². The van der Waals surface area contributed by atoms with Crippen LogP contribution in [0.2, 0.25) is 0 Å². The molecule has 4 rings (SSSR count). The average Bonchev–Trinajstić information content (AvgIpc) is 3.26. The molecular weight excluding hydrogens is 407 g/mol. The molecule has 6 nitrogen and oxygen atoms in total. The van der Waals surface area contributed by atoms with Crippen molar-refractivity contribution in [2.24, 2.45) is 5.10 Å². The molecule has 1 atom stereocenters. The predicted molar refractivity (Wildman–Crippen MR) is 123 cm³/mol. The molecule has 2 heterocycles. The van der Waals surface area contributed by atoms with Crippen LogP contribution >= 0.6 is 0 Å². The van der Waals surface area contributed by atoms with Gasteiger partial charge in [-0.15, -0.1) is 0 Å². The number of piperazine rings is 1. The van der Waals surface area contributed by atoms with E-state index in [1.807, 2.05) is 31.2 Å². The quantitative estimate of drug-likeness (QED) is 0.664. The molecule has 32 heavy (non-hydrogen) atoms. The predicted octanol–water partition coefficient (Wildman–Crippen LogP) is 3.54. The summed E-state index contributed by atoms with van der Waals surface area (Å²) in [5.74, 6) is 0.515. The normalized spacial score (nSPS) is 19.8. The molecule has 0 bridgehead atoms. The van der Waals surface area contributed by atoms with Gasteiger partial charge in [0, 0.05) is 32.6 Å². The molecule has 2 aromatic carbocycles. The smallest absolute Gasteiger partial charge is 0.257 e. The highest BCUT2D eigenvalue weighted by Gasteiger charge is 2.34. The van der Waals surface area contributed by atoms with Crippen molar-refractivity contribution in [1.82, 2.24) is 14.8 Å². The second-order valence-electron chi connectivity index (χ2n) is 8.22. The Bertz CT molecular complexity index is 937. The summed E-state index contributed by atoms with van der Waals surface area (Å²) >= 11 is 0. The van der Waals surface area contributed by atoms with Gasteiger partial charge in [-0.3, -0.25) is 9.69 Å². The first-order chi connectivity index (χ1) is 15.6. The third-order valence-electron chi connectivity index (χ3n) is 6.19. The number of halogens is 1. The van der Waals surface area contributed by atoms with E-state index in [1.165, 1.54) is 12.1 Å². The number of hydrogen-bond acceptors (Lipinski definition) is 5. The van der Waals surface area contributed by atoms with E-state index in [-0.39, 0.29) is 17.8 Å². The van der Waals surface area contributed by atoms with Gasteiger partial charge in [-0.1, -0.05) is 31.2 Å². The van der Waals surface area contributed by atoms with Crippen molar-refractivity contribution in [3.63, 3.8) is 0 Å².